The first-order valence-electron chi connectivity index (χ1n) is 18.8. The van der Waals surface area contributed by atoms with Gasteiger partial charge in [0, 0.05) is 13.5 Å². The standard InChI is InChI=1S/C37H65N3O13/c1-12-14-21-16-17-22(39-33(45)52-35(4,5)6)31(49-21)50-27-20(3)18-23(38-30(44)24(41)15-13-2)28(25(27)42)51-32-26(43)29(37(10,47)19-48-32)40(11)34(46)53-36(7,8)9/h16,20,22-29,31-32,41-43,47H,12-15,17-19H2,1-11H3,(H,38,44)(H,39,45)/t20-,22+,23+,24-,25-,26+,27+,28-,29+,31+,32+,37-/m0/s1. The van der Waals surface area contributed by atoms with E-state index in [2.05, 4.69) is 10.6 Å². The van der Waals surface area contributed by atoms with Gasteiger partial charge in [0.15, 0.2) is 6.29 Å². The number of hydrogen-bond acceptors (Lipinski definition) is 13. The second kappa shape index (κ2) is 18.3. The molecule has 1 saturated heterocycles. The fourth-order valence-electron chi connectivity index (χ4n) is 6.88. The Hall–Kier alpha value is -2.73. The Balaban J connectivity index is 1.93. The van der Waals surface area contributed by atoms with E-state index in [1.165, 1.54) is 14.0 Å². The topological polar surface area (TPSA) is 215 Å². The Morgan fingerprint density at radius 2 is 1.58 bits per heavy atom. The van der Waals surface area contributed by atoms with Crippen LogP contribution in [0, 0.1) is 5.92 Å². The number of hydrogen-bond donors (Lipinski definition) is 6. The number of carbonyl (C=O) groups excluding carboxylic acids is 3. The molecule has 1 saturated carbocycles. The zero-order valence-electron chi connectivity index (χ0n) is 33.3. The van der Waals surface area contributed by atoms with E-state index in [1.54, 1.807) is 41.5 Å². The Kier molecular flexibility index (Phi) is 15.4. The Labute approximate surface area is 313 Å². The highest BCUT2D eigenvalue weighted by atomic mass is 16.7. The lowest BCUT2D eigenvalue weighted by atomic mass is 9.79. The molecule has 2 fully saturated rings. The van der Waals surface area contributed by atoms with E-state index >= 15 is 0 Å². The van der Waals surface area contributed by atoms with E-state index < -0.39 is 102 Å². The van der Waals surface area contributed by atoms with Crippen LogP contribution in [-0.4, -0.2) is 135 Å². The number of allylic oxidation sites excluding steroid dienone is 1. The molecule has 2 aliphatic heterocycles. The van der Waals surface area contributed by atoms with Crippen LogP contribution in [0.25, 0.3) is 0 Å². The largest absolute Gasteiger partial charge is 0.467 e. The fourth-order valence-corrected chi connectivity index (χ4v) is 6.88. The molecule has 3 rings (SSSR count). The van der Waals surface area contributed by atoms with Crippen LogP contribution in [0.2, 0.25) is 0 Å². The van der Waals surface area contributed by atoms with Gasteiger partial charge in [-0.2, -0.15) is 0 Å². The summed E-state index contributed by atoms with van der Waals surface area (Å²) in [5, 5.41) is 51.0. The Bertz CT molecular complexity index is 1270. The number of nitrogens with zero attached hydrogens (tertiary/aromatic N) is 1. The van der Waals surface area contributed by atoms with Crippen LogP contribution in [0.5, 0.6) is 0 Å². The average Bonchev–Trinajstić information content (AvgIpc) is 3.01. The number of nitrogens with one attached hydrogen (secondary N) is 2. The van der Waals surface area contributed by atoms with Gasteiger partial charge in [-0.3, -0.25) is 4.79 Å². The van der Waals surface area contributed by atoms with Crippen LogP contribution in [0.15, 0.2) is 11.8 Å². The van der Waals surface area contributed by atoms with Crippen molar-refractivity contribution in [2.75, 3.05) is 13.7 Å². The van der Waals surface area contributed by atoms with Crippen LogP contribution < -0.4 is 10.6 Å². The first-order chi connectivity index (χ1) is 24.5. The van der Waals surface area contributed by atoms with Gasteiger partial charge < -0.3 is 64.4 Å². The Morgan fingerprint density at radius 3 is 2.17 bits per heavy atom. The van der Waals surface area contributed by atoms with Crippen molar-refractivity contribution in [1.29, 1.82) is 0 Å². The molecule has 16 heteroatoms. The van der Waals surface area contributed by atoms with Crippen LogP contribution in [0.1, 0.15) is 108 Å². The van der Waals surface area contributed by atoms with E-state index in [1.807, 2.05) is 26.8 Å². The predicted octanol–water partition coefficient (Wildman–Crippen LogP) is 2.83. The lowest BCUT2D eigenvalue weighted by molar-refractivity contribution is -0.313. The molecule has 306 valence electrons. The van der Waals surface area contributed by atoms with Crippen molar-refractivity contribution >= 4 is 18.1 Å². The molecule has 16 nitrogen and oxygen atoms in total. The minimum atomic E-state index is -1.73. The fraction of sp³-hybridized carbons (Fsp3) is 0.865. The van der Waals surface area contributed by atoms with Gasteiger partial charge in [0.25, 0.3) is 0 Å². The average molecular weight is 760 g/mol. The van der Waals surface area contributed by atoms with Crippen molar-refractivity contribution in [3.8, 4) is 0 Å². The summed E-state index contributed by atoms with van der Waals surface area (Å²) in [6, 6.07) is -2.83. The number of ether oxygens (including phenoxy) is 6. The Morgan fingerprint density at radius 1 is 0.962 bits per heavy atom. The summed E-state index contributed by atoms with van der Waals surface area (Å²) in [6.07, 6.45) is -6.02. The molecule has 3 aliphatic rings. The zero-order chi connectivity index (χ0) is 40.1. The molecule has 0 spiro atoms. The van der Waals surface area contributed by atoms with Crippen molar-refractivity contribution in [2.24, 2.45) is 5.92 Å². The molecule has 0 unspecified atom stereocenters. The summed E-state index contributed by atoms with van der Waals surface area (Å²) in [7, 11) is 1.38. The van der Waals surface area contributed by atoms with Gasteiger partial charge in [-0.1, -0.05) is 27.2 Å². The van der Waals surface area contributed by atoms with Gasteiger partial charge in [0.2, 0.25) is 12.2 Å². The number of amides is 3. The zero-order valence-corrected chi connectivity index (χ0v) is 33.3. The predicted molar refractivity (Wildman–Crippen MR) is 192 cm³/mol. The van der Waals surface area contributed by atoms with Crippen molar-refractivity contribution in [1.82, 2.24) is 15.5 Å². The summed E-state index contributed by atoms with van der Waals surface area (Å²) in [5.74, 6) is -0.411. The second-order valence-corrected chi connectivity index (χ2v) is 16.8. The molecular formula is C37H65N3O13. The summed E-state index contributed by atoms with van der Waals surface area (Å²) in [4.78, 5) is 40.0. The third-order valence-electron chi connectivity index (χ3n) is 9.30. The molecule has 0 radical (unpaired) electrons. The summed E-state index contributed by atoms with van der Waals surface area (Å²) >= 11 is 0. The van der Waals surface area contributed by atoms with Crippen molar-refractivity contribution in [2.45, 2.75) is 186 Å². The van der Waals surface area contributed by atoms with Gasteiger partial charge in [-0.05, 0) is 86.1 Å². The number of aliphatic hydroxyl groups excluding tert-OH is 3. The number of aliphatic hydroxyl groups is 4. The van der Waals surface area contributed by atoms with Crippen molar-refractivity contribution in [3.05, 3.63) is 11.8 Å². The third kappa shape index (κ3) is 12.4. The van der Waals surface area contributed by atoms with Gasteiger partial charge in [-0.15, -0.1) is 0 Å². The molecule has 0 bridgehead atoms. The lowest BCUT2D eigenvalue weighted by Crippen LogP contribution is -2.69. The number of alkyl carbamates (subject to hydrolysis) is 1. The molecule has 53 heavy (non-hydrogen) atoms. The molecule has 3 amide bonds. The number of likely N-dealkylation sites (N-methyl/N-ethyl adjacent to an activating group) is 1. The summed E-state index contributed by atoms with van der Waals surface area (Å²) in [5.41, 5.74) is -3.33. The maximum atomic E-state index is 13.1. The normalized spacial score (nSPS) is 34.2. The SMILES string of the molecule is CCCC1=CC[C@@H](NC(=O)OC(C)(C)C)[C@@H](O[C@H]2[C@H](O)[C@@H](O[C@H]3OC[C@](C)(O)[C@H](N(C)C(=O)OC(C)(C)C)[C@H]3O)[C@H](NC(=O)[C@@H](O)CCC)C[C@@H]2C)O1. The monoisotopic (exact) mass is 759 g/mol. The lowest BCUT2D eigenvalue weighted by Gasteiger charge is -2.50. The molecule has 6 N–H and O–H groups in total. The highest BCUT2D eigenvalue weighted by Crippen LogP contribution is 2.36. The first-order valence-corrected chi connectivity index (χ1v) is 18.8. The van der Waals surface area contributed by atoms with E-state index in [4.69, 9.17) is 28.4 Å². The molecule has 1 aliphatic carbocycles. The molecule has 0 aromatic rings. The third-order valence-corrected chi connectivity index (χ3v) is 9.30. The van der Waals surface area contributed by atoms with Gasteiger partial charge in [0.1, 0.15) is 41.2 Å². The summed E-state index contributed by atoms with van der Waals surface area (Å²) < 4.78 is 35.8. The number of carbonyl (C=O) groups is 3. The molecule has 0 aromatic carbocycles. The summed E-state index contributed by atoms with van der Waals surface area (Å²) in [6.45, 7) is 17.0. The smallest absolute Gasteiger partial charge is 0.410 e. The van der Waals surface area contributed by atoms with Gasteiger partial charge >= 0.3 is 12.2 Å². The highest BCUT2D eigenvalue weighted by Gasteiger charge is 2.54. The maximum Gasteiger partial charge on any atom is 0.410 e. The van der Waals surface area contributed by atoms with Crippen molar-refractivity contribution in [3.63, 3.8) is 0 Å². The molecular weight excluding hydrogens is 694 g/mol. The van der Waals surface area contributed by atoms with Crippen LogP contribution in [0.4, 0.5) is 9.59 Å². The van der Waals surface area contributed by atoms with Gasteiger partial charge in [0.05, 0.1) is 36.6 Å². The molecule has 12 atom stereocenters. The molecule has 2 heterocycles. The van der Waals surface area contributed by atoms with Crippen LogP contribution in [-0.2, 0) is 33.2 Å². The van der Waals surface area contributed by atoms with Crippen molar-refractivity contribution < 1.29 is 63.2 Å². The maximum absolute atomic E-state index is 13.1. The number of rotatable bonds is 12. The molecule has 0 aromatic heterocycles. The second-order valence-electron chi connectivity index (χ2n) is 16.8. The minimum Gasteiger partial charge on any atom is -0.467 e. The minimum absolute atomic E-state index is 0.202. The highest BCUT2D eigenvalue weighted by molar-refractivity contribution is 5.80. The van der Waals surface area contributed by atoms with Crippen LogP contribution >= 0.6 is 0 Å². The van der Waals surface area contributed by atoms with E-state index in [-0.39, 0.29) is 19.4 Å². The van der Waals surface area contributed by atoms with E-state index in [0.29, 0.717) is 25.0 Å². The quantitative estimate of drug-likeness (QED) is 0.169. The van der Waals surface area contributed by atoms with E-state index in [9.17, 15) is 34.8 Å². The first kappa shape index (κ1) is 44.7. The van der Waals surface area contributed by atoms with E-state index in [0.717, 1.165) is 11.3 Å². The van der Waals surface area contributed by atoms with Crippen LogP contribution in [0.3, 0.4) is 0 Å². The van der Waals surface area contributed by atoms with Gasteiger partial charge in [-0.25, -0.2) is 9.59 Å².